The predicted molar refractivity (Wildman–Crippen MR) is 72.7 cm³/mol. The molecule has 1 amide bonds. The lowest BCUT2D eigenvalue weighted by Crippen LogP contribution is -2.36. The van der Waals surface area contributed by atoms with Crippen LogP contribution in [-0.2, 0) is 11.3 Å². The number of hydrogen-bond donors (Lipinski definition) is 0. The summed E-state index contributed by atoms with van der Waals surface area (Å²) in [4.78, 5) is 13.7. The molecule has 1 aliphatic heterocycles. The first-order valence-corrected chi connectivity index (χ1v) is 7.32. The molecule has 1 fully saturated rings. The SMILES string of the molecule is CCC(C)C1SCC(=O)N1Cc1ccccc1F. The van der Waals surface area contributed by atoms with Gasteiger partial charge in [-0.1, -0.05) is 38.5 Å². The fourth-order valence-electron chi connectivity index (χ4n) is 2.13. The zero-order valence-corrected chi connectivity index (χ0v) is 11.5. The van der Waals surface area contributed by atoms with Gasteiger partial charge in [0.15, 0.2) is 0 Å². The van der Waals surface area contributed by atoms with Crippen LogP contribution in [-0.4, -0.2) is 21.9 Å². The number of rotatable bonds is 4. The van der Waals surface area contributed by atoms with Gasteiger partial charge in [0, 0.05) is 12.1 Å². The third kappa shape index (κ3) is 2.69. The largest absolute Gasteiger partial charge is 0.325 e. The molecular weight excluding hydrogens is 249 g/mol. The summed E-state index contributed by atoms with van der Waals surface area (Å²) in [7, 11) is 0. The van der Waals surface area contributed by atoms with E-state index in [1.807, 2.05) is 11.0 Å². The molecule has 0 aromatic heterocycles. The summed E-state index contributed by atoms with van der Waals surface area (Å²) < 4.78 is 13.6. The van der Waals surface area contributed by atoms with Crippen molar-refractivity contribution in [2.75, 3.05) is 5.75 Å². The minimum absolute atomic E-state index is 0.119. The Morgan fingerprint density at radius 1 is 1.50 bits per heavy atom. The van der Waals surface area contributed by atoms with Gasteiger partial charge in [0.2, 0.25) is 5.91 Å². The fourth-order valence-corrected chi connectivity index (χ4v) is 3.51. The molecule has 0 bridgehead atoms. The highest BCUT2D eigenvalue weighted by Crippen LogP contribution is 2.33. The van der Waals surface area contributed by atoms with E-state index in [9.17, 15) is 9.18 Å². The molecule has 1 aromatic carbocycles. The number of carbonyl (C=O) groups is 1. The van der Waals surface area contributed by atoms with Crippen LogP contribution in [0.5, 0.6) is 0 Å². The summed E-state index contributed by atoms with van der Waals surface area (Å²) >= 11 is 1.67. The average Bonchev–Trinajstić information content (AvgIpc) is 2.73. The van der Waals surface area contributed by atoms with Crippen LogP contribution in [0.2, 0.25) is 0 Å². The quantitative estimate of drug-likeness (QED) is 0.834. The van der Waals surface area contributed by atoms with Crippen LogP contribution >= 0.6 is 11.8 Å². The van der Waals surface area contributed by atoms with E-state index in [1.165, 1.54) is 6.07 Å². The molecule has 2 unspecified atom stereocenters. The topological polar surface area (TPSA) is 20.3 Å². The van der Waals surface area contributed by atoms with E-state index in [2.05, 4.69) is 13.8 Å². The van der Waals surface area contributed by atoms with Crippen LogP contribution < -0.4 is 0 Å². The lowest BCUT2D eigenvalue weighted by atomic mass is 10.1. The number of amides is 1. The van der Waals surface area contributed by atoms with Crippen molar-refractivity contribution in [3.63, 3.8) is 0 Å². The van der Waals surface area contributed by atoms with E-state index >= 15 is 0 Å². The van der Waals surface area contributed by atoms with Crippen molar-refractivity contribution in [1.82, 2.24) is 4.90 Å². The van der Waals surface area contributed by atoms with Crippen LogP contribution in [0.3, 0.4) is 0 Å². The monoisotopic (exact) mass is 267 g/mol. The van der Waals surface area contributed by atoms with Crippen LogP contribution in [0.4, 0.5) is 4.39 Å². The van der Waals surface area contributed by atoms with Crippen molar-refractivity contribution < 1.29 is 9.18 Å². The molecule has 4 heteroatoms. The zero-order valence-electron chi connectivity index (χ0n) is 10.7. The maximum absolute atomic E-state index is 13.6. The van der Waals surface area contributed by atoms with Crippen LogP contribution in [0.1, 0.15) is 25.8 Å². The molecule has 0 saturated carbocycles. The van der Waals surface area contributed by atoms with Crippen molar-refractivity contribution >= 4 is 17.7 Å². The van der Waals surface area contributed by atoms with Gasteiger partial charge in [0.1, 0.15) is 5.82 Å². The summed E-state index contributed by atoms with van der Waals surface area (Å²) in [5.74, 6) is 0.843. The minimum Gasteiger partial charge on any atom is -0.325 e. The van der Waals surface area contributed by atoms with Gasteiger partial charge >= 0.3 is 0 Å². The van der Waals surface area contributed by atoms with Crippen molar-refractivity contribution in [2.24, 2.45) is 5.92 Å². The Balaban J connectivity index is 2.15. The highest BCUT2D eigenvalue weighted by Gasteiger charge is 2.34. The standard InChI is InChI=1S/C14H18FNOS/c1-3-10(2)14-16(13(17)9-18-14)8-11-6-4-5-7-12(11)15/h4-7,10,14H,3,8-9H2,1-2H3. The smallest absolute Gasteiger partial charge is 0.233 e. The number of hydrogen-bond acceptors (Lipinski definition) is 2. The molecule has 1 heterocycles. The lowest BCUT2D eigenvalue weighted by Gasteiger charge is -2.28. The Bertz CT molecular complexity index is 438. The van der Waals surface area contributed by atoms with E-state index < -0.39 is 0 Å². The molecule has 1 aromatic rings. The van der Waals surface area contributed by atoms with E-state index in [4.69, 9.17) is 0 Å². The highest BCUT2D eigenvalue weighted by molar-refractivity contribution is 8.01. The Labute approximate surface area is 112 Å². The third-order valence-electron chi connectivity index (χ3n) is 3.43. The summed E-state index contributed by atoms with van der Waals surface area (Å²) in [5, 5.41) is 0.183. The van der Waals surface area contributed by atoms with Crippen LogP contribution in [0.15, 0.2) is 24.3 Å². The molecule has 0 spiro atoms. The predicted octanol–water partition coefficient (Wildman–Crippen LogP) is 3.27. The van der Waals surface area contributed by atoms with E-state index in [0.717, 1.165) is 6.42 Å². The number of thioether (sulfide) groups is 1. The first-order chi connectivity index (χ1) is 8.63. The number of carbonyl (C=O) groups excluding carboxylic acids is 1. The highest BCUT2D eigenvalue weighted by atomic mass is 32.2. The molecule has 0 aliphatic carbocycles. The summed E-state index contributed by atoms with van der Waals surface area (Å²) in [5.41, 5.74) is 0.599. The average molecular weight is 267 g/mol. The second kappa shape index (κ2) is 5.74. The Kier molecular flexibility index (Phi) is 4.27. The Morgan fingerprint density at radius 2 is 2.22 bits per heavy atom. The van der Waals surface area contributed by atoms with Gasteiger partial charge in [0.05, 0.1) is 11.1 Å². The van der Waals surface area contributed by atoms with Gasteiger partial charge in [-0.3, -0.25) is 4.79 Å². The van der Waals surface area contributed by atoms with Crippen molar-refractivity contribution in [1.29, 1.82) is 0 Å². The van der Waals surface area contributed by atoms with Gasteiger partial charge < -0.3 is 4.90 Å². The third-order valence-corrected chi connectivity index (χ3v) is 4.91. The first-order valence-electron chi connectivity index (χ1n) is 6.28. The molecule has 2 nitrogen and oxygen atoms in total. The van der Waals surface area contributed by atoms with E-state index in [-0.39, 0.29) is 17.1 Å². The number of halogens is 1. The fraction of sp³-hybridized carbons (Fsp3) is 0.500. The first kappa shape index (κ1) is 13.4. The Hall–Kier alpha value is -1.03. The van der Waals surface area contributed by atoms with Crippen LogP contribution in [0, 0.1) is 11.7 Å². The molecule has 18 heavy (non-hydrogen) atoms. The number of benzene rings is 1. The van der Waals surface area contributed by atoms with Crippen molar-refractivity contribution in [3.05, 3.63) is 35.6 Å². The van der Waals surface area contributed by atoms with E-state index in [1.54, 1.807) is 23.9 Å². The molecular formula is C14H18FNOS. The molecule has 1 aliphatic rings. The van der Waals surface area contributed by atoms with Crippen LogP contribution in [0.25, 0.3) is 0 Å². The van der Waals surface area contributed by atoms with Gasteiger partial charge in [-0.2, -0.15) is 0 Å². The summed E-state index contributed by atoms with van der Waals surface area (Å²) in [6.45, 7) is 4.65. The second-order valence-corrected chi connectivity index (χ2v) is 5.81. The molecule has 1 saturated heterocycles. The van der Waals surface area contributed by atoms with Gasteiger partial charge in [0.25, 0.3) is 0 Å². The molecule has 2 atom stereocenters. The van der Waals surface area contributed by atoms with Gasteiger partial charge in [-0.25, -0.2) is 4.39 Å². The molecule has 2 rings (SSSR count). The maximum Gasteiger partial charge on any atom is 0.233 e. The van der Waals surface area contributed by atoms with Crippen molar-refractivity contribution in [2.45, 2.75) is 32.2 Å². The van der Waals surface area contributed by atoms with Gasteiger partial charge in [-0.15, -0.1) is 11.8 Å². The summed E-state index contributed by atoms with van der Waals surface area (Å²) in [6.07, 6.45) is 1.03. The minimum atomic E-state index is -0.231. The molecule has 0 radical (unpaired) electrons. The zero-order chi connectivity index (χ0) is 13.1. The maximum atomic E-state index is 13.6. The molecule has 0 N–H and O–H groups in total. The normalized spacial score (nSPS) is 21.4. The summed E-state index contributed by atoms with van der Waals surface area (Å²) in [6, 6.07) is 6.68. The van der Waals surface area contributed by atoms with Crippen molar-refractivity contribution in [3.8, 4) is 0 Å². The lowest BCUT2D eigenvalue weighted by molar-refractivity contribution is -0.129. The second-order valence-electron chi connectivity index (χ2n) is 4.70. The van der Waals surface area contributed by atoms with Gasteiger partial charge in [-0.05, 0) is 12.0 Å². The number of nitrogens with zero attached hydrogens (tertiary/aromatic N) is 1. The van der Waals surface area contributed by atoms with E-state index in [0.29, 0.717) is 23.8 Å². The Morgan fingerprint density at radius 3 is 2.89 bits per heavy atom. The molecule has 98 valence electrons.